The van der Waals surface area contributed by atoms with Gasteiger partial charge in [0.25, 0.3) is 0 Å². The minimum Gasteiger partial charge on any atom is -0.462 e. The third-order valence-corrected chi connectivity index (χ3v) is 8.28. The SMILES string of the molecule is CC(=O)OC/C=C1/CC[C@@H]2[C@@H]3C[C@H](C)C4=CC(=O)C=C[C@]4(C)[C@@H]3[C@H](O)C[C@]12C. The molecule has 3 saturated carbocycles. The highest BCUT2D eigenvalue weighted by molar-refractivity contribution is 6.01. The van der Waals surface area contributed by atoms with Crippen LogP contribution in [0.4, 0.5) is 0 Å². The maximum absolute atomic E-state index is 12.0. The van der Waals surface area contributed by atoms with Gasteiger partial charge in [-0.2, -0.15) is 0 Å². The summed E-state index contributed by atoms with van der Waals surface area (Å²) in [4.78, 5) is 23.1. The number of allylic oxidation sites excluding steroid dienone is 5. The van der Waals surface area contributed by atoms with Gasteiger partial charge in [-0.25, -0.2) is 0 Å². The molecule has 0 aromatic heterocycles. The van der Waals surface area contributed by atoms with E-state index in [0.717, 1.165) is 25.7 Å². The minimum atomic E-state index is -0.403. The highest BCUT2D eigenvalue weighted by Gasteiger charge is 2.61. The van der Waals surface area contributed by atoms with Crippen molar-refractivity contribution < 1.29 is 19.4 Å². The lowest BCUT2D eigenvalue weighted by Gasteiger charge is -2.59. The van der Waals surface area contributed by atoms with Crippen LogP contribution in [0.3, 0.4) is 0 Å². The van der Waals surface area contributed by atoms with Gasteiger partial charge in [-0.15, -0.1) is 0 Å². The van der Waals surface area contributed by atoms with E-state index >= 15 is 0 Å². The molecule has 0 aliphatic heterocycles. The Kier molecular flexibility index (Phi) is 4.69. The van der Waals surface area contributed by atoms with E-state index in [0.29, 0.717) is 24.4 Å². The Labute approximate surface area is 167 Å². The molecule has 0 saturated heterocycles. The first-order chi connectivity index (χ1) is 13.2. The topological polar surface area (TPSA) is 63.6 Å². The molecule has 0 aromatic rings. The van der Waals surface area contributed by atoms with Gasteiger partial charge < -0.3 is 9.84 Å². The van der Waals surface area contributed by atoms with Crippen LogP contribution in [0.25, 0.3) is 0 Å². The highest BCUT2D eigenvalue weighted by atomic mass is 16.5. The van der Waals surface area contributed by atoms with E-state index in [1.54, 1.807) is 6.08 Å². The van der Waals surface area contributed by atoms with Gasteiger partial charge in [-0.1, -0.05) is 38.0 Å². The molecule has 0 unspecified atom stereocenters. The number of fused-ring (bicyclic) bond motifs is 5. The van der Waals surface area contributed by atoms with Crippen LogP contribution in [0.1, 0.15) is 53.4 Å². The second-order valence-corrected chi connectivity index (χ2v) is 9.81. The van der Waals surface area contributed by atoms with Crippen molar-refractivity contribution in [3.05, 3.63) is 35.5 Å². The first kappa shape index (κ1) is 19.6. The fraction of sp³-hybridized carbons (Fsp3) is 0.667. The van der Waals surface area contributed by atoms with E-state index in [4.69, 9.17) is 4.74 Å². The molecule has 0 heterocycles. The lowest BCUT2D eigenvalue weighted by Crippen LogP contribution is -2.56. The molecule has 0 spiro atoms. The molecule has 7 atom stereocenters. The van der Waals surface area contributed by atoms with Crippen LogP contribution in [-0.2, 0) is 14.3 Å². The first-order valence-corrected chi connectivity index (χ1v) is 10.6. The van der Waals surface area contributed by atoms with E-state index in [9.17, 15) is 14.7 Å². The Morgan fingerprint density at radius 2 is 2.14 bits per heavy atom. The summed E-state index contributed by atoms with van der Waals surface area (Å²) >= 11 is 0. The average Bonchev–Trinajstić information content (AvgIpc) is 2.92. The number of rotatable bonds is 2. The fourth-order valence-electron chi connectivity index (χ4n) is 7.19. The number of esters is 1. The van der Waals surface area contributed by atoms with Gasteiger partial charge in [0, 0.05) is 18.3 Å². The van der Waals surface area contributed by atoms with Crippen molar-refractivity contribution in [3.8, 4) is 0 Å². The zero-order valence-corrected chi connectivity index (χ0v) is 17.4. The summed E-state index contributed by atoms with van der Waals surface area (Å²) in [5.74, 6) is 1.28. The van der Waals surface area contributed by atoms with Crippen LogP contribution in [0, 0.1) is 34.5 Å². The maximum atomic E-state index is 12.0. The van der Waals surface area contributed by atoms with E-state index in [1.807, 2.05) is 6.08 Å². The molecule has 0 aromatic carbocycles. The van der Waals surface area contributed by atoms with Gasteiger partial charge in [-0.3, -0.25) is 9.59 Å². The number of hydrogen-bond acceptors (Lipinski definition) is 4. The van der Waals surface area contributed by atoms with Gasteiger partial charge in [0.2, 0.25) is 0 Å². The summed E-state index contributed by atoms with van der Waals surface area (Å²) in [5.41, 5.74) is 2.27. The molecule has 3 fully saturated rings. The molecule has 4 rings (SSSR count). The quantitative estimate of drug-likeness (QED) is 0.577. The molecule has 0 amide bonds. The van der Waals surface area contributed by atoms with Crippen molar-refractivity contribution in [2.75, 3.05) is 6.61 Å². The fourth-order valence-corrected chi connectivity index (χ4v) is 7.19. The van der Waals surface area contributed by atoms with Gasteiger partial charge in [0.1, 0.15) is 6.61 Å². The predicted octanol–water partition coefficient (Wildman–Crippen LogP) is 4.00. The van der Waals surface area contributed by atoms with Crippen molar-refractivity contribution in [1.82, 2.24) is 0 Å². The van der Waals surface area contributed by atoms with Gasteiger partial charge in [-0.05, 0) is 67.1 Å². The summed E-state index contributed by atoms with van der Waals surface area (Å²) in [6.45, 7) is 8.50. The molecule has 4 aliphatic carbocycles. The molecule has 0 radical (unpaired) electrons. The second-order valence-electron chi connectivity index (χ2n) is 9.81. The largest absolute Gasteiger partial charge is 0.462 e. The van der Waals surface area contributed by atoms with E-state index in [1.165, 1.54) is 18.1 Å². The van der Waals surface area contributed by atoms with Crippen LogP contribution in [-0.4, -0.2) is 29.6 Å². The van der Waals surface area contributed by atoms with E-state index in [2.05, 4.69) is 32.9 Å². The zero-order chi connectivity index (χ0) is 20.3. The van der Waals surface area contributed by atoms with Crippen LogP contribution >= 0.6 is 0 Å². The highest BCUT2D eigenvalue weighted by Crippen LogP contribution is 2.66. The number of ether oxygens (including phenoxy) is 1. The molecule has 152 valence electrons. The number of carbonyl (C=O) groups is 2. The van der Waals surface area contributed by atoms with Gasteiger partial charge in [0.05, 0.1) is 6.10 Å². The van der Waals surface area contributed by atoms with Crippen molar-refractivity contribution in [3.63, 3.8) is 0 Å². The number of aliphatic hydroxyl groups is 1. The number of aliphatic hydroxyl groups excluding tert-OH is 1. The molecule has 1 N–H and O–H groups in total. The maximum Gasteiger partial charge on any atom is 0.302 e. The van der Waals surface area contributed by atoms with E-state index in [-0.39, 0.29) is 28.5 Å². The minimum absolute atomic E-state index is 0.0355. The molecule has 4 aliphatic rings. The van der Waals surface area contributed by atoms with Crippen molar-refractivity contribution in [2.24, 2.45) is 34.5 Å². The van der Waals surface area contributed by atoms with Crippen LogP contribution in [0.15, 0.2) is 35.5 Å². The number of hydrogen-bond donors (Lipinski definition) is 1. The van der Waals surface area contributed by atoms with Gasteiger partial charge >= 0.3 is 5.97 Å². The Hall–Kier alpha value is -1.68. The van der Waals surface area contributed by atoms with Crippen LogP contribution in [0.2, 0.25) is 0 Å². The Bertz CT molecular complexity index is 790. The first-order valence-electron chi connectivity index (χ1n) is 10.6. The third kappa shape index (κ3) is 2.83. The summed E-state index contributed by atoms with van der Waals surface area (Å²) in [6, 6.07) is 0. The van der Waals surface area contributed by atoms with Crippen molar-refractivity contribution in [1.29, 1.82) is 0 Å². The van der Waals surface area contributed by atoms with Crippen LogP contribution < -0.4 is 0 Å². The Morgan fingerprint density at radius 1 is 1.39 bits per heavy atom. The van der Waals surface area contributed by atoms with Crippen molar-refractivity contribution in [2.45, 2.75) is 59.5 Å². The summed E-state index contributed by atoms with van der Waals surface area (Å²) in [6.07, 6.45) is 11.2. The monoisotopic (exact) mass is 384 g/mol. The average molecular weight is 385 g/mol. The standard InChI is InChI=1S/C24H32O4/c1-14-11-18-19-6-5-16(8-10-28-15(2)25)24(19,4)13-21(27)22(18)23(3)9-7-17(26)12-20(14)23/h7-9,12,14,18-19,21-22,27H,5-6,10-11,13H2,1-4H3/b16-8-/t14-,18-,19+,21+,22-,23-,24+/m0/s1. The summed E-state index contributed by atoms with van der Waals surface area (Å²) in [7, 11) is 0. The zero-order valence-electron chi connectivity index (χ0n) is 17.4. The molecule has 28 heavy (non-hydrogen) atoms. The van der Waals surface area contributed by atoms with Gasteiger partial charge in [0.15, 0.2) is 5.78 Å². The number of ketones is 1. The van der Waals surface area contributed by atoms with Crippen LogP contribution in [0.5, 0.6) is 0 Å². The molecule has 4 heteroatoms. The lowest BCUT2D eigenvalue weighted by atomic mass is 9.46. The Morgan fingerprint density at radius 3 is 2.86 bits per heavy atom. The predicted molar refractivity (Wildman–Crippen MR) is 107 cm³/mol. The summed E-state index contributed by atoms with van der Waals surface area (Å²) in [5, 5.41) is 11.3. The molecule has 0 bridgehead atoms. The third-order valence-electron chi connectivity index (χ3n) is 8.28. The molecular weight excluding hydrogens is 352 g/mol. The molecular formula is C24H32O4. The number of carbonyl (C=O) groups excluding carboxylic acids is 2. The lowest BCUT2D eigenvalue weighted by molar-refractivity contribution is -0.139. The normalized spacial score (nSPS) is 45.9. The Balaban J connectivity index is 1.67. The summed E-state index contributed by atoms with van der Waals surface area (Å²) < 4.78 is 5.15. The van der Waals surface area contributed by atoms with Crippen molar-refractivity contribution >= 4 is 11.8 Å². The second kappa shape index (κ2) is 6.69. The van der Waals surface area contributed by atoms with E-state index < -0.39 is 6.10 Å². The molecule has 4 nitrogen and oxygen atoms in total. The smallest absolute Gasteiger partial charge is 0.302 e.